The van der Waals surface area contributed by atoms with Gasteiger partial charge in [-0.3, -0.25) is 0 Å². The van der Waals surface area contributed by atoms with Gasteiger partial charge < -0.3 is 5.32 Å². The normalized spacial score (nSPS) is 14.6. The summed E-state index contributed by atoms with van der Waals surface area (Å²) < 4.78 is 14.3. The topological polar surface area (TPSA) is 37.8 Å². The fourth-order valence-electron chi connectivity index (χ4n) is 1.72. The second-order valence-corrected chi connectivity index (χ2v) is 5.13. The Labute approximate surface area is 113 Å². The van der Waals surface area contributed by atoms with Crippen LogP contribution in [-0.4, -0.2) is 9.97 Å². The molecule has 0 amide bonds. The fourth-order valence-corrected chi connectivity index (χ4v) is 2.12. The number of anilines is 2. The highest BCUT2D eigenvalue weighted by Crippen LogP contribution is 2.39. The molecular formula is C13H11BrFN3. The summed E-state index contributed by atoms with van der Waals surface area (Å²) in [4.78, 5) is 8.74. The Morgan fingerprint density at radius 1 is 1.22 bits per heavy atom. The van der Waals surface area contributed by atoms with Gasteiger partial charge in [-0.2, -0.15) is 0 Å². The van der Waals surface area contributed by atoms with Gasteiger partial charge in [0.2, 0.25) is 0 Å². The minimum Gasteiger partial charge on any atom is -0.338 e. The lowest BCUT2D eigenvalue weighted by Crippen LogP contribution is -2.00. The summed E-state index contributed by atoms with van der Waals surface area (Å²) in [6.07, 6.45) is 2.27. The summed E-state index contributed by atoms with van der Waals surface area (Å²) >= 11 is 3.36. The van der Waals surface area contributed by atoms with Crippen LogP contribution in [0.25, 0.3) is 0 Å². The fraction of sp³-hybridized carbons (Fsp3) is 0.231. The van der Waals surface area contributed by atoms with Crippen LogP contribution in [0.3, 0.4) is 0 Å². The van der Waals surface area contributed by atoms with Crippen LogP contribution in [0.2, 0.25) is 0 Å². The third-order valence-corrected chi connectivity index (χ3v) is 3.20. The van der Waals surface area contributed by atoms with Crippen molar-refractivity contribution in [2.75, 3.05) is 5.32 Å². The standard InChI is InChI=1S/C13H11BrFN3/c14-11-7-12(18-13(17-11)8-5-6-8)16-10-4-2-1-3-9(10)15/h1-4,7-8H,5-6H2,(H,16,17,18). The number of halogens is 2. The Kier molecular flexibility index (Phi) is 2.99. The van der Waals surface area contributed by atoms with E-state index in [0.29, 0.717) is 17.4 Å². The lowest BCUT2D eigenvalue weighted by atomic mass is 10.3. The molecule has 0 atom stereocenters. The zero-order valence-corrected chi connectivity index (χ0v) is 11.1. The molecule has 3 rings (SSSR count). The van der Waals surface area contributed by atoms with Gasteiger partial charge >= 0.3 is 0 Å². The highest BCUT2D eigenvalue weighted by Gasteiger charge is 2.27. The van der Waals surface area contributed by atoms with Crippen molar-refractivity contribution in [1.82, 2.24) is 9.97 Å². The molecule has 1 aliphatic carbocycles. The molecule has 5 heteroatoms. The smallest absolute Gasteiger partial charge is 0.146 e. The van der Waals surface area contributed by atoms with Crippen LogP contribution in [0.1, 0.15) is 24.6 Å². The van der Waals surface area contributed by atoms with Gasteiger partial charge in [-0.05, 0) is 40.9 Å². The molecule has 1 N–H and O–H groups in total. The Balaban J connectivity index is 1.90. The van der Waals surface area contributed by atoms with Crippen molar-refractivity contribution in [1.29, 1.82) is 0 Å². The van der Waals surface area contributed by atoms with Gasteiger partial charge in [-0.25, -0.2) is 14.4 Å². The van der Waals surface area contributed by atoms with Crippen molar-refractivity contribution in [2.24, 2.45) is 0 Å². The number of para-hydroxylation sites is 1. The molecule has 1 saturated carbocycles. The Morgan fingerprint density at radius 2 is 2.00 bits per heavy atom. The van der Waals surface area contributed by atoms with Crippen molar-refractivity contribution in [3.63, 3.8) is 0 Å². The van der Waals surface area contributed by atoms with E-state index in [9.17, 15) is 4.39 Å². The molecular weight excluding hydrogens is 297 g/mol. The predicted octanol–water partition coefficient (Wildman–Crippen LogP) is 4.00. The molecule has 0 unspecified atom stereocenters. The number of aromatic nitrogens is 2. The van der Waals surface area contributed by atoms with Crippen molar-refractivity contribution in [2.45, 2.75) is 18.8 Å². The largest absolute Gasteiger partial charge is 0.338 e. The zero-order chi connectivity index (χ0) is 12.5. The van der Waals surface area contributed by atoms with E-state index in [-0.39, 0.29) is 5.82 Å². The number of nitrogens with zero attached hydrogens (tertiary/aromatic N) is 2. The highest BCUT2D eigenvalue weighted by molar-refractivity contribution is 9.10. The minimum absolute atomic E-state index is 0.291. The molecule has 1 fully saturated rings. The molecule has 0 radical (unpaired) electrons. The summed E-state index contributed by atoms with van der Waals surface area (Å²) in [5.41, 5.74) is 0.421. The van der Waals surface area contributed by atoms with Crippen LogP contribution in [0.4, 0.5) is 15.9 Å². The number of hydrogen-bond donors (Lipinski definition) is 1. The first kappa shape index (κ1) is 11.6. The second kappa shape index (κ2) is 4.65. The monoisotopic (exact) mass is 307 g/mol. The molecule has 1 aliphatic rings. The Hall–Kier alpha value is -1.49. The third-order valence-electron chi connectivity index (χ3n) is 2.79. The molecule has 2 aromatic rings. The van der Waals surface area contributed by atoms with Crippen molar-refractivity contribution in [3.05, 3.63) is 46.6 Å². The van der Waals surface area contributed by atoms with Gasteiger partial charge in [0.25, 0.3) is 0 Å². The number of hydrogen-bond acceptors (Lipinski definition) is 3. The predicted molar refractivity (Wildman–Crippen MR) is 71.4 cm³/mol. The average molecular weight is 308 g/mol. The maximum absolute atomic E-state index is 13.5. The number of rotatable bonds is 3. The zero-order valence-electron chi connectivity index (χ0n) is 9.53. The molecule has 0 bridgehead atoms. The SMILES string of the molecule is Fc1ccccc1Nc1cc(Br)nc(C2CC2)n1. The van der Waals surface area contributed by atoms with E-state index in [1.165, 1.54) is 6.07 Å². The van der Waals surface area contributed by atoms with Crippen LogP contribution < -0.4 is 5.32 Å². The van der Waals surface area contributed by atoms with E-state index in [0.717, 1.165) is 23.3 Å². The minimum atomic E-state index is -0.291. The molecule has 0 saturated heterocycles. The van der Waals surface area contributed by atoms with Crippen LogP contribution in [-0.2, 0) is 0 Å². The lowest BCUT2D eigenvalue weighted by molar-refractivity contribution is 0.631. The summed E-state index contributed by atoms with van der Waals surface area (Å²) in [5.74, 6) is 1.61. The van der Waals surface area contributed by atoms with E-state index >= 15 is 0 Å². The molecule has 18 heavy (non-hydrogen) atoms. The number of benzene rings is 1. The molecule has 1 heterocycles. The molecule has 0 aliphatic heterocycles. The quantitative estimate of drug-likeness (QED) is 0.871. The van der Waals surface area contributed by atoms with Crippen LogP contribution in [0.15, 0.2) is 34.9 Å². The van der Waals surface area contributed by atoms with Crippen LogP contribution in [0, 0.1) is 5.82 Å². The first-order valence-electron chi connectivity index (χ1n) is 5.78. The van der Waals surface area contributed by atoms with Gasteiger partial charge in [0.15, 0.2) is 0 Å². The molecule has 0 spiro atoms. The maximum atomic E-state index is 13.5. The molecule has 92 valence electrons. The maximum Gasteiger partial charge on any atom is 0.146 e. The first-order chi connectivity index (χ1) is 8.72. The summed E-state index contributed by atoms with van der Waals surface area (Å²) in [7, 11) is 0. The van der Waals surface area contributed by atoms with Crippen LogP contribution >= 0.6 is 15.9 Å². The van der Waals surface area contributed by atoms with Gasteiger partial charge in [-0.1, -0.05) is 12.1 Å². The van der Waals surface area contributed by atoms with E-state index in [1.54, 1.807) is 24.3 Å². The number of nitrogens with one attached hydrogen (secondary N) is 1. The van der Waals surface area contributed by atoms with Gasteiger partial charge in [-0.15, -0.1) is 0 Å². The van der Waals surface area contributed by atoms with Crippen molar-refractivity contribution < 1.29 is 4.39 Å². The van der Waals surface area contributed by atoms with Crippen LogP contribution in [0.5, 0.6) is 0 Å². The third kappa shape index (κ3) is 2.51. The van der Waals surface area contributed by atoms with E-state index in [2.05, 4.69) is 31.2 Å². The van der Waals surface area contributed by atoms with E-state index in [4.69, 9.17) is 0 Å². The van der Waals surface area contributed by atoms with Crippen molar-refractivity contribution in [3.8, 4) is 0 Å². The molecule has 1 aromatic carbocycles. The summed E-state index contributed by atoms with van der Waals surface area (Å²) in [6, 6.07) is 8.29. The summed E-state index contributed by atoms with van der Waals surface area (Å²) in [6.45, 7) is 0. The van der Waals surface area contributed by atoms with E-state index < -0.39 is 0 Å². The Bertz CT molecular complexity index is 584. The van der Waals surface area contributed by atoms with Gasteiger partial charge in [0.1, 0.15) is 22.1 Å². The average Bonchev–Trinajstić information content (AvgIpc) is 3.15. The molecule has 1 aromatic heterocycles. The lowest BCUT2D eigenvalue weighted by Gasteiger charge is -2.08. The van der Waals surface area contributed by atoms with Gasteiger partial charge in [0, 0.05) is 12.0 Å². The van der Waals surface area contributed by atoms with Crippen molar-refractivity contribution >= 4 is 27.4 Å². The van der Waals surface area contributed by atoms with Gasteiger partial charge in [0.05, 0.1) is 5.69 Å². The highest BCUT2D eigenvalue weighted by atomic mass is 79.9. The second-order valence-electron chi connectivity index (χ2n) is 4.31. The molecule has 3 nitrogen and oxygen atoms in total. The van der Waals surface area contributed by atoms with E-state index in [1.807, 2.05) is 0 Å². The summed E-state index contributed by atoms with van der Waals surface area (Å²) in [5, 5.41) is 2.98. The Morgan fingerprint density at radius 3 is 2.72 bits per heavy atom. The first-order valence-corrected chi connectivity index (χ1v) is 6.58.